The van der Waals surface area contributed by atoms with E-state index in [9.17, 15) is 20.1 Å². The van der Waals surface area contributed by atoms with E-state index in [2.05, 4.69) is 5.32 Å². The molecule has 1 saturated heterocycles. The van der Waals surface area contributed by atoms with Gasteiger partial charge >= 0.3 is 0 Å². The number of hydrogen-bond acceptors (Lipinski definition) is 5. The first-order chi connectivity index (χ1) is 7.59. The second kappa shape index (κ2) is 3.87. The quantitative estimate of drug-likeness (QED) is 0.430. The third-order valence-corrected chi connectivity index (χ3v) is 2.34. The van der Waals surface area contributed by atoms with Crippen LogP contribution in [-0.2, 0) is 4.79 Å². The molecule has 2 rings (SSSR count). The monoisotopic (exact) mass is 223 g/mol. The Morgan fingerprint density at radius 1 is 1.56 bits per heavy atom. The standard InChI is InChI=1S/C9H9N3O4/c13-8-5-10-9(11(8)14)6-2-1-3-7(4-6)12(15)16/h1-4,9-10,14H,5H2/t9-/m1/s1. The summed E-state index contributed by atoms with van der Waals surface area (Å²) in [4.78, 5) is 21.1. The van der Waals surface area contributed by atoms with E-state index in [0.717, 1.165) is 0 Å². The number of nitrogens with zero attached hydrogens (tertiary/aromatic N) is 2. The van der Waals surface area contributed by atoms with Gasteiger partial charge in [-0.05, 0) is 5.56 Å². The molecule has 1 atom stereocenters. The van der Waals surface area contributed by atoms with Crippen LogP contribution >= 0.6 is 0 Å². The van der Waals surface area contributed by atoms with Crippen LogP contribution in [0.2, 0.25) is 0 Å². The number of non-ortho nitro benzene ring substituents is 1. The Bertz CT molecular complexity index is 448. The van der Waals surface area contributed by atoms with Crippen molar-refractivity contribution in [3.63, 3.8) is 0 Å². The van der Waals surface area contributed by atoms with Crippen molar-refractivity contribution in [3.8, 4) is 0 Å². The summed E-state index contributed by atoms with van der Waals surface area (Å²) in [7, 11) is 0. The number of rotatable bonds is 2. The minimum Gasteiger partial charge on any atom is -0.284 e. The number of nitro benzene ring substituents is 1. The molecule has 1 aromatic carbocycles. The summed E-state index contributed by atoms with van der Waals surface area (Å²) in [5, 5.41) is 23.2. The van der Waals surface area contributed by atoms with E-state index in [-0.39, 0.29) is 12.2 Å². The average molecular weight is 223 g/mol. The lowest BCUT2D eigenvalue weighted by atomic mass is 10.1. The maximum atomic E-state index is 11.1. The first kappa shape index (κ1) is 10.5. The molecule has 16 heavy (non-hydrogen) atoms. The highest BCUT2D eigenvalue weighted by molar-refractivity contribution is 5.79. The molecule has 1 aliphatic rings. The Labute approximate surface area is 90.4 Å². The van der Waals surface area contributed by atoms with E-state index in [1.54, 1.807) is 6.07 Å². The van der Waals surface area contributed by atoms with Crippen LogP contribution < -0.4 is 5.32 Å². The van der Waals surface area contributed by atoms with E-state index >= 15 is 0 Å². The highest BCUT2D eigenvalue weighted by atomic mass is 16.6. The van der Waals surface area contributed by atoms with Crippen molar-refractivity contribution in [3.05, 3.63) is 39.9 Å². The van der Waals surface area contributed by atoms with Gasteiger partial charge < -0.3 is 0 Å². The van der Waals surface area contributed by atoms with E-state index in [4.69, 9.17) is 0 Å². The Hall–Kier alpha value is -1.99. The second-order valence-corrected chi connectivity index (χ2v) is 3.37. The van der Waals surface area contributed by atoms with Crippen LogP contribution in [0.4, 0.5) is 5.69 Å². The molecule has 1 amide bonds. The SMILES string of the molecule is O=C1CN[C@@H](c2cccc([N+](=O)[O-])c2)N1O. The minimum absolute atomic E-state index is 0.0177. The molecule has 0 unspecified atom stereocenters. The molecular weight excluding hydrogens is 214 g/mol. The Kier molecular flexibility index (Phi) is 2.55. The molecule has 7 nitrogen and oxygen atoms in total. The predicted octanol–water partition coefficient (Wildman–Crippen LogP) is 0.414. The first-order valence-corrected chi connectivity index (χ1v) is 4.58. The van der Waals surface area contributed by atoms with Gasteiger partial charge in [-0.1, -0.05) is 12.1 Å². The zero-order chi connectivity index (χ0) is 11.7. The maximum Gasteiger partial charge on any atom is 0.269 e. The molecule has 84 valence electrons. The smallest absolute Gasteiger partial charge is 0.269 e. The van der Waals surface area contributed by atoms with Gasteiger partial charge in [0.05, 0.1) is 11.5 Å². The van der Waals surface area contributed by atoms with Crippen molar-refractivity contribution in [2.24, 2.45) is 0 Å². The Balaban J connectivity index is 2.31. The maximum absolute atomic E-state index is 11.1. The molecule has 7 heteroatoms. The lowest BCUT2D eigenvalue weighted by Gasteiger charge is -2.17. The summed E-state index contributed by atoms with van der Waals surface area (Å²) in [6.07, 6.45) is -0.715. The number of amides is 1. The highest BCUT2D eigenvalue weighted by Crippen LogP contribution is 2.23. The number of hydrogen-bond donors (Lipinski definition) is 2. The van der Waals surface area contributed by atoms with Crippen molar-refractivity contribution in [2.45, 2.75) is 6.17 Å². The fourth-order valence-corrected chi connectivity index (χ4v) is 1.56. The van der Waals surface area contributed by atoms with E-state index in [1.807, 2.05) is 0 Å². The Morgan fingerprint density at radius 3 is 2.88 bits per heavy atom. The van der Waals surface area contributed by atoms with Crippen molar-refractivity contribution in [1.29, 1.82) is 0 Å². The van der Waals surface area contributed by atoms with Gasteiger partial charge in [0.1, 0.15) is 6.17 Å². The summed E-state index contributed by atoms with van der Waals surface area (Å²) in [5.74, 6) is -0.462. The normalized spacial score (nSPS) is 20.2. The largest absolute Gasteiger partial charge is 0.284 e. The van der Waals surface area contributed by atoms with Gasteiger partial charge in [0, 0.05) is 12.1 Å². The van der Waals surface area contributed by atoms with Gasteiger partial charge in [-0.15, -0.1) is 0 Å². The van der Waals surface area contributed by atoms with Crippen LogP contribution in [0.25, 0.3) is 0 Å². The second-order valence-electron chi connectivity index (χ2n) is 3.37. The predicted molar refractivity (Wildman–Crippen MR) is 52.5 cm³/mol. The van der Waals surface area contributed by atoms with E-state index in [1.165, 1.54) is 18.2 Å². The van der Waals surface area contributed by atoms with Crippen molar-refractivity contribution < 1.29 is 14.9 Å². The summed E-state index contributed by atoms with van der Waals surface area (Å²) in [5.41, 5.74) is 0.398. The molecule has 0 spiro atoms. The minimum atomic E-state index is -0.715. The van der Waals surface area contributed by atoms with Gasteiger partial charge in [0.2, 0.25) is 0 Å². The molecule has 0 aliphatic carbocycles. The number of carbonyl (C=O) groups is 1. The van der Waals surface area contributed by atoms with Crippen LogP contribution in [0.5, 0.6) is 0 Å². The van der Waals surface area contributed by atoms with Gasteiger partial charge in [0.25, 0.3) is 11.6 Å². The molecule has 1 heterocycles. The number of benzene rings is 1. The van der Waals surface area contributed by atoms with Crippen molar-refractivity contribution >= 4 is 11.6 Å². The number of hydroxylamine groups is 2. The molecule has 0 aromatic heterocycles. The summed E-state index contributed by atoms with van der Waals surface area (Å²) >= 11 is 0. The number of nitro groups is 1. The number of carbonyl (C=O) groups excluding carboxylic acids is 1. The van der Waals surface area contributed by atoms with Crippen LogP contribution in [0.3, 0.4) is 0 Å². The Morgan fingerprint density at radius 2 is 2.31 bits per heavy atom. The van der Waals surface area contributed by atoms with Crippen molar-refractivity contribution in [2.75, 3.05) is 6.54 Å². The van der Waals surface area contributed by atoms with Crippen molar-refractivity contribution in [1.82, 2.24) is 10.4 Å². The zero-order valence-corrected chi connectivity index (χ0v) is 8.16. The highest BCUT2D eigenvalue weighted by Gasteiger charge is 2.31. The van der Waals surface area contributed by atoms with Gasteiger partial charge in [0.15, 0.2) is 0 Å². The average Bonchev–Trinajstić information content (AvgIpc) is 2.60. The lowest BCUT2D eigenvalue weighted by molar-refractivity contribution is -0.385. The number of nitrogens with one attached hydrogen (secondary N) is 1. The van der Waals surface area contributed by atoms with Crippen LogP contribution in [-0.4, -0.2) is 27.6 Å². The molecular formula is C9H9N3O4. The van der Waals surface area contributed by atoms with Gasteiger partial charge in [-0.25, -0.2) is 5.06 Å². The first-order valence-electron chi connectivity index (χ1n) is 4.58. The molecule has 1 fully saturated rings. The molecule has 1 aliphatic heterocycles. The molecule has 2 N–H and O–H groups in total. The topological polar surface area (TPSA) is 95.7 Å². The van der Waals surface area contributed by atoms with E-state index < -0.39 is 17.0 Å². The summed E-state index contributed by atoms with van der Waals surface area (Å²) in [6.45, 7) is 0.0177. The summed E-state index contributed by atoms with van der Waals surface area (Å²) in [6, 6.07) is 5.78. The molecule has 0 saturated carbocycles. The fourth-order valence-electron chi connectivity index (χ4n) is 1.56. The van der Waals surface area contributed by atoms with Crippen LogP contribution in [0, 0.1) is 10.1 Å². The van der Waals surface area contributed by atoms with Gasteiger partial charge in [-0.3, -0.25) is 25.4 Å². The lowest BCUT2D eigenvalue weighted by Crippen LogP contribution is -2.26. The third kappa shape index (κ3) is 1.73. The third-order valence-electron chi connectivity index (χ3n) is 2.34. The fraction of sp³-hybridized carbons (Fsp3) is 0.222. The molecule has 0 radical (unpaired) electrons. The molecule has 0 bridgehead atoms. The van der Waals surface area contributed by atoms with Crippen LogP contribution in [0.1, 0.15) is 11.7 Å². The van der Waals surface area contributed by atoms with E-state index in [0.29, 0.717) is 10.6 Å². The molecule has 1 aromatic rings. The van der Waals surface area contributed by atoms with Crippen LogP contribution in [0.15, 0.2) is 24.3 Å². The summed E-state index contributed by atoms with van der Waals surface area (Å²) < 4.78 is 0. The zero-order valence-electron chi connectivity index (χ0n) is 8.16. The van der Waals surface area contributed by atoms with Gasteiger partial charge in [-0.2, -0.15) is 0 Å².